The molecule has 50 valence electrons. The summed E-state index contributed by atoms with van der Waals surface area (Å²) in [6, 6.07) is -1.80. The van der Waals surface area contributed by atoms with E-state index in [9.17, 15) is 0 Å². The van der Waals surface area contributed by atoms with E-state index in [1.54, 1.807) is 0 Å². The third-order valence-corrected chi connectivity index (χ3v) is 4.49. The van der Waals surface area contributed by atoms with E-state index in [4.69, 9.17) is 33.2 Å². The third kappa shape index (κ3) is 8.05. The second-order valence-corrected chi connectivity index (χ2v) is 13.8. The molecule has 0 heterocycles. The van der Waals surface area contributed by atoms with E-state index < -0.39 is 6.00 Å². The van der Waals surface area contributed by atoms with E-state index >= 15 is 0 Å². The first-order chi connectivity index (χ1) is 3.42. The van der Waals surface area contributed by atoms with Gasteiger partial charge in [0.1, 0.15) is 0 Å². The van der Waals surface area contributed by atoms with Crippen LogP contribution in [0.15, 0.2) is 0 Å². The van der Waals surface area contributed by atoms with Gasteiger partial charge in [0.2, 0.25) is 0 Å². The van der Waals surface area contributed by atoms with E-state index in [0.29, 0.717) is 6.04 Å². The molecule has 0 aliphatic rings. The molecule has 0 nitrogen and oxygen atoms in total. The van der Waals surface area contributed by atoms with Gasteiger partial charge in [0.05, 0.1) is 3.74 Å². The van der Waals surface area contributed by atoms with Crippen LogP contribution in [-0.4, -0.2) is 9.74 Å². The largest absolute Gasteiger partial charge is 0.343 e. The molecule has 6 heteroatoms. The number of rotatable bonds is 2. The zero-order valence-corrected chi connectivity index (χ0v) is 10.1. The molecule has 0 amide bonds. The number of halogens is 5. The van der Waals surface area contributed by atoms with Crippen molar-refractivity contribution in [3.63, 3.8) is 0 Å². The summed E-state index contributed by atoms with van der Waals surface area (Å²) in [5.41, 5.74) is 0. The average Bonchev–Trinajstić information content (AvgIpc) is 1.21. The van der Waals surface area contributed by atoms with E-state index in [1.165, 1.54) is 0 Å². The molecule has 0 saturated heterocycles. The van der Waals surface area contributed by atoms with Crippen molar-refractivity contribution in [3.8, 4) is 0 Å². The molecule has 0 aromatic heterocycles. The van der Waals surface area contributed by atoms with Crippen LogP contribution in [0, 0.1) is 0 Å². The van der Waals surface area contributed by atoms with E-state index in [1.807, 2.05) is 0 Å². The van der Waals surface area contributed by atoms with Crippen LogP contribution in [0.3, 0.4) is 0 Å². The van der Waals surface area contributed by atoms with Crippen molar-refractivity contribution in [2.45, 2.75) is 9.78 Å². The first-order valence-electron chi connectivity index (χ1n) is 1.77. The summed E-state index contributed by atoms with van der Waals surface area (Å²) in [6.07, 6.45) is 0. The highest BCUT2D eigenvalue weighted by Crippen LogP contribution is 2.31. The fraction of sp³-hybridized carbons (Fsp3) is 1.00. The molecule has 0 spiro atoms. The second kappa shape index (κ2) is 4.04. The third-order valence-electron chi connectivity index (χ3n) is 0.386. The van der Waals surface area contributed by atoms with Gasteiger partial charge in [-0.25, -0.2) is 0 Å². The highest BCUT2D eigenvalue weighted by molar-refractivity contribution is 9.24. The maximum absolute atomic E-state index is 5.54. The fourth-order valence-electron chi connectivity index (χ4n) is 0.175. The van der Waals surface area contributed by atoms with Gasteiger partial charge in [-0.1, -0.05) is 31.9 Å². The molecule has 0 fully saturated rings. The van der Waals surface area contributed by atoms with Crippen LogP contribution in [0.5, 0.6) is 0 Å². The number of hydrogen-bond acceptors (Lipinski definition) is 0. The lowest BCUT2D eigenvalue weighted by Gasteiger charge is -2.06. The van der Waals surface area contributed by atoms with Crippen molar-refractivity contribution >= 4 is 71.1 Å². The minimum atomic E-state index is -2.40. The SMILES string of the molecule is Cl[Si](Cl)(Cl)CC(Br)Br. The van der Waals surface area contributed by atoms with Crippen molar-refractivity contribution in [2.75, 3.05) is 0 Å². The molecule has 8 heavy (non-hydrogen) atoms. The standard InChI is InChI=1S/C2H3Br2Cl3Si/c3-2(4)1-8(5,6)7/h2H,1H2. The van der Waals surface area contributed by atoms with Gasteiger partial charge in [-0.15, -0.1) is 33.2 Å². The van der Waals surface area contributed by atoms with E-state index in [-0.39, 0.29) is 3.74 Å². The normalized spacial score (nSPS) is 12.8. The van der Waals surface area contributed by atoms with Crippen LogP contribution in [-0.2, 0) is 0 Å². The lowest BCUT2D eigenvalue weighted by atomic mass is 11.0. The molecule has 0 bridgehead atoms. The fourth-order valence-corrected chi connectivity index (χ4v) is 8.18. The smallest absolute Gasteiger partial charge is 0.126 e. The summed E-state index contributed by atoms with van der Waals surface area (Å²) >= 11 is 23.0. The minimum absolute atomic E-state index is 0.133. The van der Waals surface area contributed by atoms with Crippen LogP contribution in [0.2, 0.25) is 6.04 Å². The monoisotopic (exact) mass is 318 g/mol. The summed E-state index contributed by atoms with van der Waals surface area (Å²) in [6.45, 7) is 0. The van der Waals surface area contributed by atoms with Gasteiger partial charge < -0.3 is 0 Å². The summed E-state index contributed by atoms with van der Waals surface area (Å²) in [5, 5.41) is 0. The van der Waals surface area contributed by atoms with Gasteiger partial charge in [-0.2, -0.15) is 0 Å². The Bertz CT molecular complexity index is 70.2. The Morgan fingerprint density at radius 3 is 1.62 bits per heavy atom. The van der Waals surface area contributed by atoms with Gasteiger partial charge in [-0.3, -0.25) is 0 Å². The maximum atomic E-state index is 5.54. The predicted molar refractivity (Wildman–Crippen MR) is 49.8 cm³/mol. The van der Waals surface area contributed by atoms with Crippen molar-refractivity contribution < 1.29 is 0 Å². The Morgan fingerprint density at radius 1 is 1.25 bits per heavy atom. The summed E-state index contributed by atoms with van der Waals surface area (Å²) in [5.74, 6) is 0. The topological polar surface area (TPSA) is 0 Å². The van der Waals surface area contributed by atoms with Crippen molar-refractivity contribution in [3.05, 3.63) is 0 Å². The van der Waals surface area contributed by atoms with Gasteiger partial charge >= 0.3 is 6.00 Å². The average molecular weight is 321 g/mol. The van der Waals surface area contributed by atoms with Gasteiger partial charge in [0, 0.05) is 6.04 Å². The van der Waals surface area contributed by atoms with Crippen LogP contribution in [0.1, 0.15) is 0 Å². The molecule has 0 saturated carbocycles. The Morgan fingerprint density at radius 2 is 1.62 bits per heavy atom. The van der Waals surface area contributed by atoms with Crippen LogP contribution < -0.4 is 0 Å². The quantitative estimate of drug-likeness (QED) is 0.413. The maximum Gasteiger partial charge on any atom is 0.343 e. The summed E-state index contributed by atoms with van der Waals surface area (Å²) < 4.78 is 0.133. The van der Waals surface area contributed by atoms with Crippen LogP contribution in [0.25, 0.3) is 0 Å². The molecular weight excluding hydrogens is 318 g/mol. The van der Waals surface area contributed by atoms with Gasteiger partial charge in [-0.05, 0) is 0 Å². The Kier molecular flexibility index (Phi) is 5.07. The zero-order chi connectivity index (χ0) is 6.78. The lowest BCUT2D eigenvalue weighted by Crippen LogP contribution is -2.11. The molecule has 0 aliphatic carbocycles. The lowest BCUT2D eigenvalue weighted by molar-refractivity contribution is 1.44. The highest BCUT2D eigenvalue weighted by Gasteiger charge is 2.27. The number of alkyl halides is 2. The molecule has 0 rings (SSSR count). The van der Waals surface area contributed by atoms with Gasteiger partial charge in [0.25, 0.3) is 0 Å². The number of hydrogen-bond donors (Lipinski definition) is 0. The molecule has 0 aromatic rings. The molecule has 0 aromatic carbocycles. The summed E-state index contributed by atoms with van der Waals surface area (Å²) in [7, 11) is 0. The molecule has 0 aliphatic heterocycles. The molecule has 0 radical (unpaired) electrons. The predicted octanol–water partition coefficient (Wildman–Crippen LogP) is 3.76. The molecule has 0 N–H and O–H groups in total. The molecule has 0 unspecified atom stereocenters. The second-order valence-electron chi connectivity index (χ2n) is 1.21. The highest BCUT2D eigenvalue weighted by atomic mass is 79.9. The van der Waals surface area contributed by atoms with Crippen LogP contribution >= 0.6 is 65.1 Å². The Labute approximate surface area is 80.2 Å². The van der Waals surface area contributed by atoms with Crippen molar-refractivity contribution in [1.82, 2.24) is 0 Å². The van der Waals surface area contributed by atoms with Crippen molar-refractivity contribution in [1.29, 1.82) is 0 Å². The Balaban J connectivity index is 3.39. The van der Waals surface area contributed by atoms with Gasteiger partial charge in [0.15, 0.2) is 0 Å². The van der Waals surface area contributed by atoms with E-state index in [0.717, 1.165) is 0 Å². The zero-order valence-electron chi connectivity index (χ0n) is 3.67. The van der Waals surface area contributed by atoms with Crippen molar-refractivity contribution in [2.24, 2.45) is 0 Å². The van der Waals surface area contributed by atoms with Crippen LogP contribution in [0.4, 0.5) is 0 Å². The van der Waals surface area contributed by atoms with E-state index in [2.05, 4.69) is 31.9 Å². The first-order valence-corrected chi connectivity index (χ1v) is 8.84. The first kappa shape index (κ1) is 10.0. The summed E-state index contributed by atoms with van der Waals surface area (Å²) in [4.78, 5) is 0. The Hall–Kier alpha value is 2.05. The minimum Gasteiger partial charge on any atom is -0.126 e. The molecular formula is C2H3Br2Cl3Si. The molecule has 0 atom stereocenters.